The van der Waals surface area contributed by atoms with Crippen LogP contribution in [0.3, 0.4) is 0 Å². The van der Waals surface area contributed by atoms with Crippen LogP contribution in [0.25, 0.3) is 0 Å². The first-order valence-corrected chi connectivity index (χ1v) is 10.2. The highest BCUT2D eigenvalue weighted by molar-refractivity contribution is 5.77. The van der Waals surface area contributed by atoms with Crippen LogP contribution >= 0.6 is 0 Å². The van der Waals surface area contributed by atoms with E-state index < -0.39 is 0 Å². The molecule has 3 rings (SSSR count). The van der Waals surface area contributed by atoms with E-state index in [2.05, 4.69) is 41.5 Å². The molecule has 2 N–H and O–H groups in total. The van der Waals surface area contributed by atoms with Gasteiger partial charge >= 0.3 is 0 Å². The zero-order valence-corrected chi connectivity index (χ0v) is 17.3. The van der Waals surface area contributed by atoms with E-state index in [1.165, 1.54) is 5.56 Å². The van der Waals surface area contributed by atoms with Crippen LogP contribution < -0.4 is 10.9 Å². The van der Waals surface area contributed by atoms with Crippen LogP contribution in [-0.2, 0) is 17.6 Å². The molecule has 1 saturated heterocycles. The fourth-order valence-electron chi connectivity index (χ4n) is 4.07. The first kappa shape index (κ1) is 20.8. The van der Waals surface area contributed by atoms with Gasteiger partial charge in [-0.2, -0.15) is 5.26 Å². The maximum absolute atomic E-state index is 13.1. The predicted molar refractivity (Wildman–Crippen MR) is 113 cm³/mol. The maximum atomic E-state index is 13.1. The summed E-state index contributed by atoms with van der Waals surface area (Å²) in [6, 6.07) is 10.5. The molecule has 2 heterocycles. The van der Waals surface area contributed by atoms with Gasteiger partial charge in [-0.1, -0.05) is 31.2 Å². The summed E-state index contributed by atoms with van der Waals surface area (Å²) in [5.41, 5.74) is 4.48. The lowest BCUT2D eigenvalue weighted by molar-refractivity contribution is -0.134. The summed E-state index contributed by atoms with van der Waals surface area (Å²) in [5.74, 6) is 0.0968. The first-order chi connectivity index (χ1) is 14.0. The number of carbonyl (C=O) groups excluding carboxylic acids is 1. The van der Waals surface area contributed by atoms with Crippen molar-refractivity contribution in [3.63, 3.8) is 0 Å². The zero-order valence-electron chi connectivity index (χ0n) is 17.3. The van der Waals surface area contributed by atoms with Crippen molar-refractivity contribution in [2.24, 2.45) is 0 Å². The first-order valence-electron chi connectivity index (χ1n) is 10.2. The minimum atomic E-state index is -0.365. The number of nitriles is 1. The highest BCUT2D eigenvalue weighted by Gasteiger charge is 2.27. The van der Waals surface area contributed by atoms with E-state index in [-0.39, 0.29) is 23.1 Å². The smallest absolute Gasteiger partial charge is 0.266 e. The van der Waals surface area contributed by atoms with Crippen molar-refractivity contribution >= 4 is 5.91 Å². The van der Waals surface area contributed by atoms with Gasteiger partial charge in [0.05, 0.1) is 6.04 Å². The zero-order chi connectivity index (χ0) is 21.0. The van der Waals surface area contributed by atoms with E-state index in [4.69, 9.17) is 0 Å². The third-order valence-electron chi connectivity index (χ3n) is 5.85. The topological polar surface area (TPSA) is 89.0 Å². The number of aromatic amines is 1. The molecule has 1 aliphatic rings. The molecule has 1 fully saturated rings. The SMILES string of the molecule is CCc1ccc(C2CNCCN2C(=O)CCc2c(C)[nH]c(=O)c(C#N)c2C)cc1. The summed E-state index contributed by atoms with van der Waals surface area (Å²) in [5, 5.41) is 12.6. The van der Waals surface area contributed by atoms with Gasteiger partial charge in [0.15, 0.2) is 0 Å². The number of H-pyrrole nitrogens is 1. The van der Waals surface area contributed by atoms with Gasteiger partial charge in [0.1, 0.15) is 11.6 Å². The lowest BCUT2D eigenvalue weighted by Gasteiger charge is -2.37. The molecule has 1 unspecified atom stereocenters. The van der Waals surface area contributed by atoms with Crippen LogP contribution in [0, 0.1) is 25.2 Å². The molecule has 29 heavy (non-hydrogen) atoms. The van der Waals surface area contributed by atoms with Crippen molar-refractivity contribution in [2.75, 3.05) is 19.6 Å². The molecule has 6 nitrogen and oxygen atoms in total. The van der Waals surface area contributed by atoms with Crippen molar-refractivity contribution in [3.05, 3.63) is 68.1 Å². The van der Waals surface area contributed by atoms with Gasteiger partial charge < -0.3 is 15.2 Å². The number of hydrogen-bond acceptors (Lipinski definition) is 4. The van der Waals surface area contributed by atoms with E-state index in [0.717, 1.165) is 36.3 Å². The third-order valence-corrected chi connectivity index (χ3v) is 5.85. The number of amides is 1. The summed E-state index contributed by atoms with van der Waals surface area (Å²) in [6.45, 7) is 7.93. The molecule has 0 bridgehead atoms. The number of rotatable bonds is 5. The number of pyridine rings is 1. The number of hydrogen-bond donors (Lipinski definition) is 2. The van der Waals surface area contributed by atoms with Gasteiger partial charge in [-0.3, -0.25) is 9.59 Å². The van der Waals surface area contributed by atoms with E-state index >= 15 is 0 Å². The molecule has 0 spiro atoms. The molecule has 0 radical (unpaired) electrons. The Hall–Kier alpha value is -2.91. The molecule has 6 heteroatoms. The second-order valence-electron chi connectivity index (χ2n) is 7.57. The number of aryl methyl sites for hydroxylation is 2. The lowest BCUT2D eigenvalue weighted by Crippen LogP contribution is -2.48. The molecular formula is C23H28N4O2. The molecule has 1 aromatic heterocycles. The summed E-state index contributed by atoms with van der Waals surface area (Å²) >= 11 is 0. The van der Waals surface area contributed by atoms with Gasteiger partial charge in [0, 0.05) is 31.7 Å². The van der Waals surface area contributed by atoms with Crippen molar-refractivity contribution < 1.29 is 4.79 Å². The van der Waals surface area contributed by atoms with Gasteiger partial charge in [-0.15, -0.1) is 0 Å². The molecule has 1 aromatic carbocycles. The maximum Gasteiger partial charge on any atom is 0.266 e. The lowest BCUT2D eigenvalue weighted by atomic mass is 9.97. The number of aromatic nitrogens is 1. The summed E-state index contributed by atoms with van der Waals surface area (Å²) in [4.78, 5) is 29.7. The van der Waals surface area contributed by atoms with Gasteiger partial charge in [0.25, 0.3) is 5.56 Å². The minimum absolute atomic E-state index is 0.0228. The van der Waals surface area contributed by atoms with Crippen LogP contribution in [0.15, 0.2) is 29.1 Å². The number of carbonyl (C=O) groups is 1. The van der Waals surface area contributed by atoms with Gasteiger partial charge in [-0.25, -0.2) is 0 Å². The predicted octanol–water partition coefficient (Wildman–Crippen LogP) is 2.53. The fourth-order valence-corrected chi connectivity index (χ4v) is 4.07. The molecule has 0 aliphatic carbocycles. The van der Waals surface area contributed by atoms with E-state index in [1.807, 2.05) is 17.9 Å². The van der Waals surface area contributed by atoms with Crippen LogP contribution in [0.5, 0.6) is 0 Å². The minimum Gasteiger partial charge on any atom is -0.333 e. The average Bonchev–Trinajstić information content (AvgIpc) is 2.73. The summed E-state index contributed by atoms with van der Waals surface area (Å²) < 4.78 is 0. The molecule has 0 saturated carbocycles. The van der Waals surface area contributed by atoms with E-state index in [0.29, 0.717) is 24.9 Å². The monoisotopic (exact) mass is 392 g/mol. The van der Waals surface area contributed by atoms with Crippen LogP contribution in [0.4, 0.5) is 0 Å². The van der Waals surface area contributed by atoms with Gasteiger partial charge in [-0.05, 0) is 48.9 Å². The Bertz CT molecular complexity index is 986. The Morgan fingerprint density at radius 2 is 2.00 bits per heavy atom. The van der Waals surface area contributed by atoms with E-state index in [1.54, 1.807) is 6.92 Å². The average molecular weight is 393 g/mol. The molecule has 152 valence electrons. The van der Waals surface area contributed by atoms with Crippen molar-refractivity contribution in [2.45, 2.75) is 46.1 Å². The Morgan fingerprint density at radius 1 is 1.28 bits per heavy atom. The number of nitrogens with zero attached hydrogens (tertiary/aromatic N) is 2. The Kier molecular flexibility index (Phi) is 6.50. The summed E-state index contributed by atoms with van der Waals surface area (Å²) in [6.07, 6.45) is 1.85. The van der Waals surface area contributed by atoms with E-state index in [9.17, 15) is 14.9 Å². The standard InChI is InChI=1S/C23H28N4O2/c1-4-17-5-7-18(8-6-17)21-14-25-11-12-27(21)22(28)10-9-19-15(2)20(13-24)23(29)26-16(19)3/h5-8,21,25H,4,9-12,14H2,1-3H3,(H,26,29). The van der Waals surface area contributed by atoms with Crippen molar-refractivity contribution in [1.29, 1.82) is 5.26 Å². The highest BCUT2D eigenvalue weighted by atomic mass is 16.2. The normalized spacial score (nSPS) is 16.5. The Balaban J connectivity index is 1.77. The number of nitrogens with one attached hydrogen (secondary N) is 2. The van der Waals surface area contributed by atoms with Crippen molar-refractivity contribution in [3.8, 4) is 6.07 Å². The van der Waals surface area contributed by atoms with Gasteiger partial charge in [0.2, 0.25) is 5.91 Å². The highest BCUT2D eigenvalue weighted by Crippen LogP contribution is 2.24. The second-order valence-corrected chi connectivity index (χ2v) is 7.57. The second kappa shape index (κ2) is 9.06. The van der Waals surface area contributed by atoms with Crippen LogP contribution in [0.1, 0.15) is 52.9 Å². The third kappa shape index (κ3) is 4.41. The quantitative estimate of drug-likeness (QED) is 0.818. The number of benzene rings is 1. The molecule has 1 atom stereocenters. The largest absolute Gasteiger partial charge is 0.333 e. The molecule has 1 aliphatic heterocycles. The molecule has 1 amide bonds. The fraction of sp³-hybridized carbons (Fsp3) is 0.435. The summed E-state index contributed by atoms with van der Waals surface area (Å²) in [7, 11) is 0. The van der Waals surface area contributed by atoms with Crippen LogP contribution in [-0.4, -0.2) is 35.4 Å². The Morgan fingerprint density at radius 3 is 2.66 bits per heavy atom. The van der Waals surface area contributed by atoms with Crippen molar-refractivity contribution in [1.82, 2.24) is 15.2 Å². The number of piperazine rings is 1. The molecular weight excluding hydrogens is 364 g/mol. The van der Waals surface area contributed by atoms with Crippen LogP contribution in [0.2, 0.25) is 0 Å². The Labute approximate surface area is 171 Å². The molecule has 2 aromatic rings.